The molecule has 0 saturated carbocycles. The first-order valence-electron chi connectivity index (χ1n) is 15.5. The normalized spacial score (nSPS) is 17.0. The second kappa shape index (κ2) is 11.2. The van der Waals surface area contributed by atoms with E-state index in [0.717, 1.165) is 63.1 Å². The lowest BCUT2D eigenvalue weighted by Crippen LogP contribution is -2.44. The maximum atomic E-state index is 15.3. The molecule has 0 spiro atoms. The quantitative estimate of drug-likeness (QED) is 0.360. The second-order valence-corrected chi connectivity index (χ2v) is 12.3. The number of piperazine rings is 1. The first-order chi connectivity index (χ1) is 21.3. The number of hydrogen-bond acceptors (Lipinski definition) is 6. The van der Waals surface area contributed by atoms with Crippen molar-refractivity contribution >= 4 is 28.8 Å². The highest BCUT2D eigenvalue weighted by Crippen LogP contribution is 2.36. The van der Waals surface area contributed by atoms with Crippen molar-refractivity contribution in [3.8, 4) is 11.1 Å². The van der Waals surface area contributed by atoms with Crippen molar-refractivity contribution in [2.75, 3.05) is 54.9 Å². The Hall–Kier alpha value is -4.44. The summed E-state index contributed by atoms with van der Waals surface area (Å²) in [6.45, 7) is 6.90. The van der Waals surface area contributed by atoms with Crippen LogP contribution in [0.4, 0.5) is 27.3 Å². The highest BCUT2D eigenvalue weighted by molar-refractivity contribution is 6.07. The van der Waals surface area contributed by atoms with Crippen LogP contribution >= 0.6 is 0 Å². The van der Waals surface area contributed by atoms with Crippen LogP contribution in [0.15, 0.2) is 53.6 Å². The van der Waals surface area contributed by atoms with E-state index in [2.05, 4.69) is 31.7 Å². The molecule has 1 amide bonds. The van der Waals surface area contributed by atoms with Crippen LogP contribution in [0.25, 0.3) is 11.1 Å². The molecule has 10 heteroatoms. The molecule has 1 N–H and O–H groups in total. The number of carbonyl (C=O) groups excluding carboxylic acids is 1. The number of amides is 1. The molecule has 5 heterocycles. The number of halogens is 1. The lowest BCUT2D eigenvalue weighted by atomic mass is 9.98. The van der Waals surface area contributed by atoms with Gasteiger partial charge < -0.3 is 29.2 Å². The molecular weight excluding hydrogens is 557 g/mol. The predicted molar refractivity (Wildman–Crippen MR) is 172 cm³/mol. The monoisotopic (exact) mass is 595 g/mol. The van der Waals surface area contributed by atoms with Gasteiger partial charge in [-0.15, -0.1) is 0 Å². The third-order valence-corrected chi connectivity index (χ3v) is 9.42. The van der Waals surface area contributed by atoms with Gasteiger partial charge in [-0.3, -0.25) is 9.59 Å². The Morgan fingerprint density at radius 3 is 2.52 bits per heavy atom. The van der Waals surface area contributed by atoms with Gasteiger partial charge in [-0.1, -0.05) is 0 Å². The summed E-state index contributed by atoms with van der Waals surface area (Å²) < 4.78 is 18.9. The number of anilines is 4. The zero-order chi connectivity index (χ0) is 30.5. The van der Waals surface area contributed by atoms with Gasteiger partial charge in [0.1, 0.15) is 23.0 Å². The first kappa shape index (κ1) is 28.3. The lowest BCUT2D eigenvalue weighted by Gasteiger charge is -2.34. The number of rotatable bonds is 5. The molecule has 3 aromatic heterocycles. The number of fused-ring (bicyclic) bond motifs is 3. The molecule has 1 aliphatic carbocycles. The Kier molecular flexibility index (Phi) is 7.24. The molecule has 1 fully saturated rings. The zero-order valence-corrected chi connectivity index (χ0v) is 25.6. The summed E-state index contributed by atoms with van der Waals surface area (Å²) in [7, 11) is 3.81. The van der Waals surface area contributed by atoms with E-state index in [1.807, 2.05) is 25.1 Å². The lowest BCUT2D eigenvalue weighted by molar-refractivity contribution is 0.0964. The van der Waals surface area contributed by atoms with E-state index >= 15 is 4.39 Å². The van der Waals surface area contributed by atoms with Crippen molar-refractivity contribution in [1.82, 2.24) is 19.0 Å². The van der Waals surface area contributed by atoms with Crippen molar-refractivity contribution in [3.05, 3.63) is 87.5 Å². The van der Waals surface area contributed by atoms with Crippen molar-refractivity contribution in [2.24, 2.45) is 7.05 Å². The van der Waals surface area contributed by atoms with Gasteiger partial charge in [-0.25, -0.2) is 9.37 Å². The van der Waals surface area contributed by atoms with Gasteiger partial charge in [-0.05, 0) is 86.7 Å². The maximum Gasteiger partial charge on any atom is 0.274 e. The van der Waals surface area contributed by atoms with Crippen LogP contribution in [0.1, 0.15) is 40.2 Å². The fourth-order valence-electron chi connectivity index (χ4n) is 6.95. The summed E-state index contributed by atoms with van der Waals surface area (Å²) in [5.74, 6) is 0.0370. The van der Waals surface area contributed by atoms with Crippen LogP contribution in [-0.2, 0) is 26.4 Å². The number of benzene rings is 1. The zero-order valence-electron chi connectivity index (χ0n) is 25.6. The number of nitrogens with zero attached hydrogens (tertiary/aromatic N) is 6. The highest BCUT2D eigenvalue weighted by atomic mass is 19.1. The van der Waals surface area contributed by atoms with Crippen molar-refractivity contribution in [3.63, 3.8) is 0 Å². The molecule has 2 aliphatic heterocycles. The summed E-state index contributed by atoms with van der Waals surface area (Å²) in [5.41, 5.74) is 7.06. The topological polar surface area (TPSA) is 78.6 Å². The van der Waals surface area contributed by atoms with E-state index < -0.39 is 5.82 Å². The van der Waals surface area contributed by atoms with Crippen molar-refractivity contribution < 1.29 is 9.18 Å². The summed E-state index contributed by atoms with van der Waals surface area (Å²) in [6.07, 6.45) is 7.76. The van der Waals surface area contributed by atoms with Crippen LogP contribution in [0, 0.1) is 12.7 Å². The summed E-state index contributed by atoms with van der Waals surface area (Å²) in [6, 6.07) is 10.6. The fourth-order valence-corrected chi connectivity index (χ4v) is 6.95. The Morgan fingerprint density at radius 2 is 1.70 bits per heavy atom. The molecule has 3 aliphatic rings. The third kappa shape index (κ3) is 5.06. The van der Waals surface area contributed by atoms with Gasteiger partial charge in [0.2, 0.25) is 0 Å². The van der Waals surface area contributed by atoms with E-state index in [1.165, 1.54) is 28.0 Å². The SMILES string of the molecule is Cc1c(-c2cc(Nc3cc(N4CCN(C)CC4)ccn3)c(=O)n(C)c2)cc(F)cc1N1CCn2c(cc3c2CCCC3)C1=O. The number of hydrogen-bond donors (Lipinski definition) is 1. The molecule has 7 rings (SSSR count). The van der Waals surface area contributed by atoms with Crippen LogP contribution in [-0.4, -0.2) is 64.7 Å². The van der Waals surface area contributed by atoms with Gasteiger partial charge in [0, 0.05) is 81.7 Å². The van der Waals surface area contributed by atoms with Gasteiger partial charge in [-0.2, -0.15) is 0 Å². The Balaban J connectivity index is 1.21. The summed E-state index contributed by atoms with van der Waals surface area (Å²) in [4.78, 5) is 37.8. The van der Waals surface area contributed by atoms with E-state index in [4.69, 9.17) is 0 Å². The molecule has 0 bridgehead atoms. The van der Waals surface area contributed by atoms with Gasteiger partial charge in [0.05, 0.1) is 5.69 Å². The summed E-state index contributed by atoms with van der Waals surface area (Å²) in [5, 5.41) is 3.22. The first-order valence-corrected chi connectivity index (χ1v) is 15.5. The Labute approximate surface area is 256 Å². The molecule has 4 aromatic rings. The molecule has 1 aromatic carbocycles. The number of nitrogens with one attached hydrogen (secondary N) is 1. The average Bonchev–Trinajstić information content (AvgIpc) is 3.41. The highest BCUT2D eigenvalue weighted by Gasteiger charge is 2.31. The molecule has 0 atom stereocenters. The number of pyridine rings is 2. The fraction of sp³-hybridized carbons (Fsp3) is 0.382. The van der Waals surface area contributed by atoms with Crippen molar-refractivity contribution in [2.45, 2.75) is 39.2 Å². The predicted octanol–water partition coefficient (Wildman–Crippen LogP) is 4.73. The number of likely N-dealkylation sites (N-methyl/N-ethyl adjacent to an activating group) is 1. The number of aromatic nitrogens is 3. The van der Waals surface area contributed by atoms with E-state index in [0.29, 0.717) is 47.1 Å². The Morgan fingerprint density at radius 1 is 0.909 bits per heavy atom. The van der Waals surface area contributed by atoms with Gasteiger partial charge in [0.15, 0.2) is 0 Å². The standard InChI is InChI=1S/C34H38FN7O2/c1-22-27(18-25(35)19-30(22)42-15-14-41-29-7-5-4-6-23(29)17-31(41)34(42)44)24-16-28(33(43)39(3)21-24)37-32-20-26(8-9-36-32)40-12-10-38(2)11-13-40/h8-9,16-21H,4-7,10-15H2,1-3H3,(H,36,37). The van der Waals surface area contributed by atoms with Crippen LogP contribution in [0.2, 0.25) is 0 Å². The number of aryl methyl sites for hydroxylation is 2. The largest absolute Gasteiger partial charge is 0.369 e. The van der Waals surface area contributed by atoms with Crippen LogP contribution in [0.3, 0.4) is 0 Å². The average molecular weight is 596 g/mol. The van der Waals surface area contributed by atoms with Crippen LogP contribution in [0.5, 0.6) is 0 Å². The summed E-state index contributed by atoms with van der Waals surface area (Å²) >= 11 is 0. The van der Waals surface area contributed by atoms with E-state index in [9.17, 15) is 9.59 Å². The minimum atomic E-state index is -0.432. The smallest absolute Gasteiger partial charge is 0.274 e. The van der Waals surface area contributed by atoms with Gasteiger partial charge >= 0.3 is 0 Å². The molecule has 228 valence electrons. The van der Waals surface area contributed by atoms with E-state index in [1.54, 1.807) is 30.4 Å². The molecule has 44 heavy (non-hydrogen) atoms. The molecule has 9 nitrogen and oxygen atoms in total. The van der Waals surface area contributed by atoms with Crippen LogP contribution < -0.4 is 20.7 Å². The second-order valence-electron chi connectivity index (χ2n) is 12.3. The molecule has 0 unspecified atom stereocenters. The Bertz CT molecular complexity index is 1820. The third-order valence-electron chi connectivity index (χ3n) is 9.42. The van der Waals surface area contributed by atoms with E-state index in [-0.39, 0.29) is 11.5 Å². The molecular formula is C34H38FN7O2. The van der Waals surface area contributed by atoms with Gasteiger partial charge in [0.25, 0.3) is 11.5 Å². The molecule has 0 radical (unpaired) electrons. The minimum absolute atomic E-state index is 0.0978. The van der Waals surface area contributed by atoms with Crippen molar-refractivity contribution in [1.29, 1.82) is 0 Å². The maximum absolute atomic E-state index is 15.3. The molecule has 1 saturated heterocycles. The minimum Gasteiger partial charge on any atom is -0.369 e. The number of carbonyl (C=O) groups is 1.